The maximum atomic E-state index is 12.4. The second-order valence-electron chi connectivity index (χ2n) is 6.31. The van der Waals surface area contributed by atoms with Crippen molar-refractivity contribution in [3.05, 3.63) is 57.0 Å². The zero-order valence-electron chi connectivity index (χ0n) is 15.5. The smallest absolute Gasteiger partial charge is 0.262 e. The highest BCUT2D eigenvalue weighted by Crippen LogP contribution is 2.26. The van der Waals surface area contributed by atoms with E-state index in [0.29, 0.717) is 45.7 Å². The highest BCUT2D eigenvalue weighted by molar-refractivity contribution is 7.20. The summed E-state index contributed by atoms with van der Waals surface area (Å²) in [5.41, 5.74) is 0.829. The number of fused-ring (bicyclic) bond motifs is 1. The van der Waals surface area contributed by atoms with E-state index in [-0.39, 0.29) is 23.1 Å². The third-order valence-corrected chi connectivity index (χ3v) is 5.45. The molecule has 3 aromatic rings. The number of hydrogen-bond donors (Lipinski definition) is 3. The van der Waals surface area contributed by atoms with Gasteiger partial charge in [-0.05, 0) is 37.1 Å². The molecule has 2 amide bonds. The summed E-state index contributed by atoms with van der Waals surface area (Å²) in [5.74, 6) is -0.519. The molecule has 0 spiro atoms. The number of nitrogens with one attached hydrogen (secondary N) is 2. The minimum absolute atomic E-state index is 0.0305. The van der Waals surface area contributed by atoms with E-state index in [4.69, 9.17) is 0 Å². The number of aryl methyl sites for hydroxylation is 2. The highest BCUT2D eigenvalue weighted by atomic mass is 32.1. The van der Waals surface area contributed by atoms with Crippen molar-refractivity contribution in [2.45, 2.75) is 13.3 Å². The number of carbonyl (C=O) groups excluding carboxylic acids is 2. The van der Waals surface area contributed by atoms with Crippen LogP contribution in [0.5, 0.6) is 5.75 Å². The molecule has 0 aliphatic heterocycles. The van der Waals surface area contributed by atoms with E-state index in [1.807, 2.05) is 0 Å². The van der Waals surface area contributed by atoms with Gasteiger partial charge in [0.25, 0.3) is 17.4 Å². The number of hydrogen-bond acceptors (Lipinski definition) is 6. The maximum Gasteiger partial charge on any atom is 0.262 e. The minimum Gasteiger partial charge on any atom is -0.508 e. The summed E-state index contributed by atoms with van der Waals surface area (Å²) < 4.78 is 1.39. The average molecular weight is 400 g/mol. The number of phenols is 1. The molecule has 1 aromatic carbocycles. The van der Waals surface area contributed by atoms with Crippen LogP contribution in [0.15, 0.2) is 35.4 Å². The van der Waals surface area contributed by atoms with Crippen LogP contribution < -0.4 is 16.2 Å². The number of nitrogens with zero attached hydrogens (tertiary/aromatic N) is 2. The lowest BCUT2D eigenvalue weighted by atomic mass is 10.2. The minimum atomic E-state index is -0.288. The van der Waals surface area contributed by atoms with Gasteiger partial charge in [0.05, 0.1) is 16.6 Å². The van der Waals surface area contributed by atoms with Crippen molar-refractivity contribution in [3.63, 3.8) is 0 Å². The number of amides is 2. The van der Waals surface area contributed by atoms with Crippen LogP contribution >= 0.6 is 11.3 Å². The van der Waals surface area contributed by atoms with E-state index < -0.39 is 0 Å². The number of benzene rings is 1. The van der Waals surface area contributed by atoms with Gasteiger partial charge in [-0.2, -0.15) is 0 Å². The molecule has 0 saturated heterocycles. The molecule has 0 atom stereocenters. The summed E-state index contributed by atoms with van der Waals surface area (Å²) in [5, 5.41) is 15.4. The Hall–Kier alpha value is -3.20. The van der Waals surface area contributed by atoms with Gasteiger partial charge in [-0.25, -0.2) is 4.98 Å². The molecule has 0 fully saturated rings. The van der Waals surface area contributed by atoms with Crippen LogP contribution in [0.2, 0.25) is 0 Å². The molecule has 0 unspecified atom stereocenters. The van der Waals surface area contributed by atoms with Crippen molar-refractivity contribution in [2.24, 2.45) is 7.05 Å². The van der Waals surface area contributed by atoms with Gasteiger partial charge in [0.2, 0.25) is 0 Å². The first-order valence-corrected chi connectivity index (χ1v) is 9.50. The fourth-order valence-corrected chi connectivity index (χ4v) is 3.80. The van der Waals surface area contributed by atoms with Crippen molar-refractivity contribution < 1.29 is 14.7 Å². The van der Waals surface area contributed by atoms with Gasteiger partial charge in [-0.15, -0.1) is 11.3 Å². The number of aromatic hydroxyl groups is 1. The Morgan fingerprint density at radius 2 is 1.93 bits per heavy atom. The molecule has 0 saturated carbocycles. The van der Waals surface area contributed by atoms with Crippen molar-refractivity contribution in [2.75, 3.05) is 13.1 Å². The Morgan fingerprint density at radius 1 is 1.21 bits per heavy atom. The van der Waals surface area contributed by atoms with Crippen LogP contribution in [-0.4, -0.2) is 39.6 Å². The first kappa shape index (κ1) is 19.6. The van der Waals surface area contributed by atoms with E-state index in [2.05, 4.69) is 15.6 Å². The van der Waals surface area contributed by atoms with Gasteiger partial charge in [-0.3, -0.25) is 14.4 Å². The van der Waals surface area contributed by atoms with Gasteiger partial charge in [-0.1, -0.05) is 6.07 Å². The SMILES string of the molecule is Cc1c(C(=O)NCCCNC(=O)c2cccc(O)c2)sc2ncn(C)c(=O)c12. The summed E-state index contributed by atoms with van der Waals surface area (Å²) in [4.78, 5) is 41.9. The molecule has 0 radical (unpaired) electrons. The van der Waals surface area contributed by atoms with Crippen molar-refractivity contribution in [1.82, 2.24) is 20.2 Å². The Bertz CT molecular complexity index is 1100. The third kappa shape index (κ3) is 4.04. The molecule has 2 aromatic heterocycles. The maximum absolute atomic E-state index is 12.4. The number of phenolic OH excluding ortho intramolecular Hbond substituents is 1. The van der Waals surface area contributed by atoms with Gasteiger partial charge >= 0.3 is 0 Å². The fourth-order valence-electron chi connectivity index (χ4n) is 2.75. The molecule has 28 heavy (non-hydrogen) atoms. The van der Waals surface area contributed by atoms with Gasteiger partial charge < -0.3 is 20.3 Å². The van der Waals surface area contributed by atoms with Crippen LogP contribution in [0.25, 0.3) is 10.2 Å². The van der Waals surface area contributed by atoms with Gasteiger partial charge in [0.15, 0.2) is 0 Å². The van der Waals surface area contributed by atoms with Crippen LogP contribution in [0.4, 0.5) is 0 Å². The van der Waals surface area contributed by atoms with E-state index in [0.717, 1.165) is 0 Å². The normalized spacial score (nSPS) is 10.8. The lowest BCUT2D eigenvalue weighted by Crippen LogP contribution is -2.29. The first-order valence-electron chi connectivity index (χ1n) is 8.68. The van der Waals surface area contributed by atoms with E-state index in [9.17, 15) is 19.5 Å². The topological polar surface area (TPSA) is 113 Å². The predicted octanol–water partition coefficient (Wildman–Crippen LogP) is 1.56. The molecule has 8 nitrogen and oxygen atoms in total. The lowest BCUT2D eigenvalue weighted by Gasteiger charge is -2.07. The molecule has 0 aliphatic carbocycles. The summed E-state index contributed by atoms with van der Waals surface area (Å²) in [6.45, 7) is 2.49. The van der Waals surface area contributed by atoms with E-state index in [1.54, 1.807) is 26.1 Å². The summed E-state index contributed by atoms with van der Waals surface area (Å²) >= 11 is 1.19. The number of thiophene rings is 1. The van der Waals surface area contributed by atoms with Crippen molar-refractivity contribution in [1.29, 1.82) is 0 Å². The molecule has 3 rings (SSSR count). The van der Waals surface area contributed by atoms with Gasteiger partial charge in [0.1, 0.15) is 10.6 Å². The molecular weight excluding hydrogens is 380 g/mol. The second kappa shape index (κ2) is 8.22. The number of rotatable bonds is 6. The highest BCUT2D eigenvalue weighted by Gasteiger charge is 2.18. The quantitative estimate of drug-likeness (QED) is 0.544. The Balaban J connectivity index is 1.53. The summed E-state index contributed by atoms with van der Waals surface area (Å²) in [7, 11) is 1.62. The average Bonchev–Trinajstić information content (AvgIpc) is 3.01. The molecule has 9 heteroatoms. The predicted molar refractivity (Wildman–Crippen MR) is 107 cm³/mol. The van der Waals surface area contributed by atoms with Gasteiger partial charge in [0, 0.05) is 25.7 Å². The first-order chi connectivity index (χ1) is 13.4. The molecule has 146 valence electrons. The van der Waals surface area contributed by atoms with Crippen LogP contribution in [-0.2, 0) is 7.05 Å². The monoisotopic (exact) mass is 400 g/mol. The molecule has 0 bridgehead atoms. The molecular formula is C19H20N4O4S. The molecule has 2 heterocycles. The van der Waals surface area contributed by atoms with E-state index in [1.165, 1.54) is 34.4 Å². The third-order valence-electron chi connectivity index (χ3n) is 4.25. The largest absolute Gasteiger partial charge is 0.508 e. The zero-order valence-corrected chi connectivity index (χ0v) is 16.3. The van der Waals surface area contributed by atoms with Crippen LogP contribution in [0.3, 0.4) is 0 Å². The second-order valence-corrected chi connectivity index (χ2v) is 7.31. The van der Waals surface area contributed by atoms with E-state index >= 15 is 0 Å². The number of carbonyl (C=O) groups is 2. The Kier molecular flexibility index (Phi) is 5.74. The van der Waals surface area contributed by atoms with Crippen LogP contribution in [0, 0.1) is 6.92 Å². The standard InChI is InChI=1S/C19H20N4O4S/c1-11-14-18(22-10-23(2)19(14)27)28-15(11)17(26)21-8-4-7-20-16(25)12-5-3-6-13(24)9-12/h3,5-6,9-10,24H,4,7-8H2,1-2H3,(H,20,25)(H,21,26). The summed E-state index contributed by atoms with van der Waals surface area (Å²) in [6, 6.07) is 6.09. The zero-order chi connectivity index (χ0) is 20.3. The lowest BCUT2D eigenvalue weighted by molar-refractivity contribution is 0.0952. The Labute approximate surface area is 164 Å². The van der Waals surface area contributed by atoms with Crippen LogP contribution in [0.1, 0.15) is 32.0 Å². The number of aromatic nitrogens is 2. The Morgan fingerprint density at radius 3 is 2.64 bits per heavy atom. The fraction of sp³-hybridized carbons (Fsp3) is 0.263. The summed E-state index contributed by atoms with van der Waals surface area (Å²) in [6.07, 6.45) is 1.98. The molecule has 3 N–H and O–H groups in total. The van der Waals surface area contributed by atoms with Crippen molar-refractivity contribution >= 4 is 33.4 Å². The molecule has 0 aliphatic rings. The van der Waals surface area contributed by atoms with Crippen molar-refractivity contribution in [3.8, 4) is 5.75 Å².